The second kappa shape index (κ2) is 10.5. The van der Waals surface area contributed by atoms with E-state index in [0.717, 1.165) is 12.8 Å². The van der Waals surface area contributed by atoms with Gasteiger partial charge < -0.3 is 0 Å². The van der Waals surface area contributed by atoms with Gasteiger partial charge in [-0.3, -0.25) is 0 Å². The van der Waals surface area contributed by atoms with Gasteiger partial charge in [-0.25, -0.2) is 0 Å². The number of rotatable bonds is 8. The van der Waals surface area contributed by atoms with Crippen LogP contribution in [-0.4, -0.2) is 0 Å². The molecule has 0 N–H and O–H groups in total. The third-order valence-electron chi connectivity index (χ3n) is 8.20. The van der Waals surface area contributed by atoms with Crippen LogP contribution in [0.1, 0.15) is 87.1 Å². The minimum atomic E-state index is 0.0421. The van der Waals surface area contributed by atoms with E-state index >= 15 is 0 Å². The number of fused-ring (bicyclic) bond motifs is 3. The first-order valence-electron chi connectivity index (χ1n) is 14.0. The van der Waals surface area contributed by atoms with Crippen LogP contribution in [-0.2, 0) is 5.41 Å². The molecule has 0 nitrogen and oxygen atoms in total. The van der Waals surface area contributed by atoms with E-state index in [1.807, 2.05) is 0 Å². The third kappa shape index (κ3) is 4.95. The highest BCUT2D eigenvalue weighted by Gasteiger charge is 2.35. The van der Waals surface area contributed by atoms with E-state index in [1.54, 1.807) is 0 Å². The number of allylic oxidation sites excluding steroid dienone is 2. The fourth-order valence-electron chi connectivity index (χ4n) is 6.07. The Kier molecular flexibility index (Phi) is 7.20. The molecule has 1 aliphatic rings. The standard InChI is InChI=1S/C37H40/c1-6-10-30(29-20-18-28(19-21-29)27-16-14-26(3)15-17-27)24-31(11-7-2)32-22-23-34-33-12-8-9-13-35(33)37(4,5)36(34)25-32/h8-9,12-25,31H,6-7,10-11H2,1-5H3/b30-24+. The highest BCUT2D eigenvalue weighted by molar-refractivity contribution is 5.81. The highest BCUT2D eigenvalue weighted by Crippen LogP contribution is 2.49. The van der Waals surface area contributed by atoms with Crippen molar-refractivity contribution in [2.45, 2.75) is 71.6 Å². The van der Waals surface area contributed by atoms with Gasteiger partial charge in [0.15, 0.2) is 0 Å². The lowest BCUT2D eigenvalue weighted by molar-refractivity contribution is 0.655. The van der Waals surface area contributed by atoms with Crippen LogP contribution in [0.5, 0.6) is 0 Å². The summed E-state index contributed by atoms with van der Waals surface area (Å²) in [4.78, 5) is 0. The van der Waals surface area contributed by atoms with Gasteiger partial charge in [-0.1, -0.05) is 143 Å². The second-order valence-corrected chi connectivity index (χ2v) is 11.3. The lowest BCUT2D eigenvalue weighted by atomic mass is 9.80. The van der Waals surface area contributed by atoms with Gasteiger partial charge in [0, 0.05) is 11.3 Å². The molecule has 0 amide bonds. The van der Waals surface area contributed by atoms with Gasteiger partial charge in [-0.05, 0) is 69.8 Å². The van der Waals surface area contributed by atoms with Crippen molar-refractivity contribution in [1.29, 1.82) is 0 Å². The van der Waals surface area contributed by atoms with E-state index in [4.69, 9.17) is 0 Å². The molecule has 0 spiro atoms. The average Bonchev–Trinajstić information content (AvgIpc) is 3.15. The Hall–Kier alpha value is -3.38. The van der Waals surface area contributed by atoms with E-state index < -0.39 is 0 Å². The van der Waals surface area contributed by atoms with Crippen LogP contribution in [0.3, 0.4) is 0 Å². The van der Waals surface area contributed by atoms with Crippen LogP contribution in [0.4, 0.5) is 0 Å². The molecule has 1 aliphatic carbocycles. The molecular weight excluding hydrogens is 444 g/mol. The zero-order chi connectivity index (χ0) is 26.0. The molecule has 0 heterocycles. The zero-order valence-corrected chi connectivity index (χ0v) is 23.1. The van der Waals surface area contributed by atoms with Crippen molar-refractivity contribution in [2.24, 2.45) is 0 Å². The number of benzene rings is 4. The largest absolute Gasteiger partial charge is 0.0732 e. The smallest absolute Gasteiger partial charge is 0.0158 e. The average molecular weight is 485 g/mol. The molecule has 4 aromatic carbocycles. The summed E-state index contributed by atoms with van der Waals surface area (Å²) in [6.45, 7) is 11.5. The molecule has 37 heavy (non-hydrogen) atoms. The summed E-state index contributed by atoms with van der Waals surface area (Å²) in [5, 5.41) is 0. The molecule has 4 aromatic rings. The number of hydrogen-bond acceptors (Lipinski definition) is 0. The first kappa shape index (κ1) is 25.3. The minimum Gasteiger partial charge on any atom is -0.0732 e. The van der Waals surface area contributed by atoms with Gasteiger partial charge in [0.1, 0.15) is 0 Å². The van der Waals surface area contributed by atoms with E-state index in [1.165, 1.54) is 68.5 Å². The van der Waals surface area contributed by atoms with Crippen molar-refractivity contribution in [3.05, 3.63) is 125 Å². The molecule has 0 radical (unpaired) electrons. The topological polar surface area (TPSA) is 0 Å². The maximum absolute atomic E-state index is 2.57. The van der Waals surface area contributed by atoms with Crippen LogP contribution >= 0.6 is 0 Å². The highest BCUT2D eigenvalue weighted by atomic mass is 14.4. The van der Waals surface area contributed by atoms with Gasteiger partial charge in [0.25, 0.3) is 0 Å². The Morgan fingerprint density at radius 2 is 1.38 bits per heavy atom. The molecule has 1 unspecified atom stereocenters. The van der Waals surface area contributed by atoms with Crippen LogP contribution < -0.4 is 0 Å². The van der Waals surface area contributed by atoms with Crippen molar-refractivity contribution in [2.75, 3.05) is 0 Å². The molecule has 0 aliphatic heterocycles. The van der Waals surface area contributed by atoms with Crippen molar-refractivity contribution >= 4 is 5.57 Å². The number of aryl methyl sites for hydroxylation is 1. The monoisotopic (exact) mass is 484 g/mol. The summed E-state index contributed by atoms with van der Waals surface area (Å²) in [7, 11) is 0. The Bertz CT molecular complexity index is 1400. The molecule has 0 aromatic heterocycles. The van der Waals surface area contributed by atoms with E-state index in [9.17, 15) is 0 Å². The third-order valence-corrected chi connectivity index (χ3v) is 8.20. The quantitative estimate of drug-likeness (QED) is 0.233. The summed E-state index contributed by atoms with van der Waals surface area (Å²) in [5.74, 6) is 0.424. The molecule has 0 bridgehead atoms. The lowest BCUT2D eigenvalue weighted by Crippen LogP contribution is -2.15. The van der Waals surface area contributed by atoms with E-state index in [-0.39, 0.29) is 5.41 Å². The Labute approximate surface area is 224 Å². The second-order valence-electron chi connectivity index (χ2n) is 11.3. The van der Waals surface area contributed by atoms with Crippen LogP contribution in [0.25, 0.3) is 27.8 Å². The molecule has 1 atom stereocenters. The van der Waals surface area contributed by atoms with Crippen molar-refractivity contribution < 1.29 is 0 Å². The molecule has 0 fully saturated rings. The SMILES string of the molecule is CCC/C(=C\C(CCC)c1ccc2c(c1)C(C)(C)c1ccccc1-2)c1ccc(-c2ccc(C)cc2)cc1. The van der Waals surface area contributed by atoms with Crippen molar-refractivity contribution in [3.63, 3.8) is 0 Å². The minimum absolute atomic E-state index is 0.0421. The summed E-state index contributed by atoms with van der Waals surface area (Å²) in [5.41, 5.74) is 13.9. The Morgan fingerprint density at radius 1 is 0.730 bits per heavy atom. The van der Waals surface area contributed by atoms with Crippen molar-refractivity contribution in [3.8, 4) is 22.3 Å². The molecular formula is C37H40. The first-order valence-corrected chi connectivity index (χ1v) is 14.0. The van der Waals surface area contributed by atoms with Crippen molar-refractivity contribution in [1.82, 2.24) is 0 Å². The number of hydrogen-bond donors (Lipinski definition) is 0. The van der Waals surface area contributed by atoms with Crippen LogP contribution in [0.2, 0.25) is 0 Å². The molecule has 0 heteroatoms. The van der Waals surface area contributed by atoms with Gasteiger partial charge in [0.2, 0.25) is 0 Å². The fraction of sp³-hybridized carbons (Fsp3) is 0.297. The van der Waals surface area contributed by atoms with E-state index in [2.05, 4.69) is 132 Å². The molecule has 5 rings (SSSR count). The summed E-state index contributed by atoms with van der Waals surface area (Å²) in [6.07, 6.45) is 7.17. The first-order chi connectivity index (χ1) is 17.9. The Morgan fingerprint density at radius 3 is 2.05 bits per heavy atom. The zero-order valence-electron chi connectivity index (χ0n) is 23.1. The predicted octanol–water partition coefficient (Wildman–Crippen LogP) is 10.7. The van der Waals surface area contributed by atoms with E-state index in [0.29, 0.717) is 5.92 Å². The Balaban J connectivity index is 1.49. The normalized spacial score (nSPS) is 14.8. The maximum atomic E-state index is 2.57. The molecule has 0 saturated carbocycles. The van der Waals surface area contributed by atoms with Gasteiger partial charge in [-0.2, -0.15) is 0 Å². The molecule has 0 saturated heterocycles. The fourth-order valence-corrected chi connectivity index (χ4v) is 6.07. The van der Waals surface area contributed by atoms with Crippen LogP contribution in [0, 0.1) is 6.92 Å². The lowest BCUT2D eigenvalue weighted by Gasteiger charge is -2.23. The summed E-state index contributed by atoms with van der Waals surface area (Å²) < 4.78 is 0. The summed E-state index contributed by atoms with van der Waals surface area (Å²) >= 11 is 0. The van der Waals surface area contributed by atoms with Crippen LogP contribution in [0.15, 0.2) is 97.1 Å². The van der Waals surface area contributed by atoms with Gasteiger partial charge in [-0.15, -0.1) is 0 Å². The van der Waals surface area contributed by atoms with Gasteiger partial charge >= 0.3 is 0 Å². The van der Waals surface area contributed by atoms with Gasteiger partial charge in [0.05, 0.1) is 0 Å². The predicted molar refractivity (Wildman–Crippen MR) is 161 cm³/mol. The molecule has 188 valence electrons. The summed E-state index contributed by atoms with van der Waals surface area (Å²) in [6, 6.07) is 34.2. The maximum Gasteiger partial charge on any atom is 0.0158 e.